The quantitative estimate of drug-likeness (QED) is 0.683. The molecule has 20 heavy (non-hydrogen) atoms. The van der Waals surface area contributed by atoms with Gasteiger partial charge < -0.3 is 10.0 Å². The van der Waals surface area contributed by atoms with Crippen molar-refractivity contribution in [1.29, 1.82) is 0 Å². The van der Waals surface area contributed by atoms with Crippen molar-refractivity contribution >= 4 is 45.6 Å². The Bertz CT molecular complexity index is 353. The number of hydrogen-bond donors (Lipinski definition) is 1. The number of aliphatic carboxylic acids is 1. The van der Waals surface area contributed by atoms with E-state index in [9.17, 15) is 19.2 Å². The fourth-order valence-corrected chi connectivity index (χ4v) is 2.53. The molecule has 0 aromatic heterocycles. The highest BCUT2D eigenvalue weighted by Crippen LogP contribution is 2.08. The number of hydrogen-bond acceptors (Lipinski definition) is 6. The summed E-state index contributed by atoms with van der Waals surface area (Å²) in [5.74, 6) is -0.340. The fraction of sp³-hybridized carbons (Fsp3) is 0.667. The Balaban J connectivity index is 4.27. The van der Waals surface area contributed by atoms with E-state index in [1.807, 2.05) is 0 Å². The van der Waals surface area contributed by atoms with Gasteiger partial charge in [0, 0.05) is 44.9 Å². The van der Waals surface area contributed by atoms with Gasteiger partial charge in [0.1, 0.15) is 0 Å². The lowest BCUT2D eigenvalue weighted by Gasteiger charge is -2.21. The van der Waals surface area contributed by atoms with Crippen molar-refractivity contribution in [1.82, 2.24) is 4.90 Å². The summed E-state index contributed by atoms with van der Waals surface area (Å²) in [6.07, 6.45) is -0.278. The van der Waals surface area contributed by atoms with Crippen LogP contribution in [0.5, 0.6) is 0 Å². The predicted octanol–water partition coefficient (Wildman–Crippen LogP) is 1.24. The predicted molar refractivity (Wildman–Crippen MR) is 79.7 cm³/mol. The van der Waals surface area contributed by atoms with Crippen LogP contribution in [0.3, 0.4) is 0 Å². The van der Waals surface area contributed by atoms with Crippen molar-refractivity contribution in [3.63, 3.8) is 0 Å². The van der Waals surface area contributed by atoms with Gasteiger partial charge in [-0.2, -0.15) is 0 Å². The maximum absolute atomic E-state index is 11.9. The molecule has 0 atom stereocenters. The van der Waals surface area contributed by atoms with E-state index in [2.05, 4.69) is 0 Å². The molecular formula is C12H19NO5S2. The molecule has 0 saturated heterocycles. The van der Waals surface area contributed by atoms with Crippen LogP contribution in [0.4, 0.5) is 0 Å². The van der Waals surface area contributed by atoms with Crippen LogP contribution in [0, 0.1) is 0 Å². The topological polar surface area (TPSA) is 91.8 Å². The first-order chi connectivity index (χ1) is 9.32. The molecular weight excluding hydrogens is 302 g/mol. The summed E-state index contributed by atoms with van der Waals surface area (Å²) in [6, 6.07) is 0. The van der Waals surface area contributed by atoms with Crippen LogP contribution in [-0.2, 0) is 19.2 Å². The van der Waals surface area contributed by atoms with E-state index in [1.165, 1.54) is 18.7 Å². The Labute approximate surface area is 126 Å². The zero-order chi connectivity index (χ0) is 15.5. The number of thioether (sulfide) groups is 2. The zero-order valence-corrected chi connectivity index (χ0v) is 13.2. The molecule has 0 radical (unpaired) electrons. The molecule has 6 nitrogen and oxygen atoms in total. The van der Waals surface area contributed by atoms with Gasteiger partial charge in [-0.05, 0) is 0 Å². The molecule has 0 heterocycles. The van der Waals surface area contributed by atoms with Gasteiger partial charge in [-0.15, -0.1) is 0 Å². The molecule has 0 rings (SSSR count). The Morgan fingerprint density at radius 2 is 1.35 bits per heavy atom. The van der Waals surface area contributed by atoms with Gasteiger partial charge >= 0.3 is 5.97 Å². The van der Waals surface area contributed by atoms with Gasteiger partial charge in [0.15, 0.2) is 10.2 Å². The lowest BCUT2D eigenvalue weighted by molar-refractivity contribution is -0.140. The smallest absolute Gasteiger partial charge is 0.303 e. The van der Waals surface area contributed by atoms with E-state index in [0.29, 0.717) is 24.6 Å². The molecule has 0 spiro atoms. The van der Waals surface area contributed by atoms with Crippen LogP contribution in [0.1, 0.15) is 26.7 Å². The zero-order valence-electron chi connectivity index (χ0n) is 11.6. The van der Waals surface area contributed by atoms with Gasteiger partial charge in [0.25, 0.3) is 0 Å². The molecule has 0 unspecified atom stereocenters. The minimum atomic E-state index is -1.02. The van der Waals surface area contributed by atoms with Crippen LogP contribution in [0.2, 0.25) is 0 Å². The first kappa shape index (κ1) is 19.0. The van der Waals surface area contributed by atoms with Crippen molar-refractivity contribution in [2.24, 2.45) is 0 Å². The number of nitrogens with zero attached hydrogens (tertiary/aromatic N) is 1. The molecule has 0 aliphatic carbocycles. The maximum Gasteiger partial charge on any atom is 0.303 e. The summed E-state index contributed by atoms with van der Waals surface area (Å²) in [5, 5.41) is 8.52. The Hall–Kier alpha value is -1.02. The highest BCUT2D eigenvalue weighted by molar-refractivity contribution is 8.13. The summed E-state index contributed by atoms with van der Waals surface area (Å²) in [4.78, 5) is 45.5. The van der Waals surface area contributed by atoms with E-state index < -0.39 is 5.97 Å². The second-order valence-electron chi connectivity index (χ2n) is 3.95. The van der Waals surface area contributed by atoms with Crippen LogP contribution < -0.4 is 0 Å². The fourth-order valence-electron chi connectivity index (χ4n) is 1.33. The van der Waals surface area contributed by atoms with Gasteiger partial charge in [0.2, 0.25) is 5.91 Å². The Morgan fingerprint density at radius 1 is 0.900 bits per heavy atom. The molecule has 0 aromatic rings. The second kappa shape index (κ2) is 10.7. The number of carbonyl (C=O) groups excluding carboxylic acids is 3. The third-order valence-corrected chi connectivity index (χ3v) is 3.82. The number of amides is 1. The summed E-state index contributed by atoms with van der Waals surface area (Å²) < 4.78 is 0. The molecule has 0 saturated carbocycles. The molecule has 0 aliphatic rings. The van der Waals surface area contributed by atoms with Crippen LogP contribution in [0.15, 0.2) is 0 Å². The SMILES string of the molecule is CC(=O)SCCN(CCSC(C)=O)C(=O)CCC(=O)O. The maximum atomic E-state index is 11.9. The number of rotatable bonds is 9. The van der Waals surface area contributed by atoms with Crippen molar-refractivity contribution in [3.8, 4) is 0 Å². The van der Waals surface area contributed by atoms with E-state index in [-0.39, 0.29) is 29.0 Å². The average molecular weight is 321 g/mol. The Kier molecular flexibility index (Phi) is 10.2. The van der Waals surface area contributed by atoms with Gasteiger partial charge in [-0.1, -0.05) is 23.5 Å². The number of carbonyl (C=O) groups is 4. The summed E-state index contributed by atoms with van der Waals surface area (Å²) >= 11 is 2.24. The minimum Gasteiger partial charge on any atom is -0.481 e. The molecule has 1 amide bonds. The average Bonchev–Trinajstić information content (AvgIpc) is 2.33. The summed E-state index contributed by atoms with van der Waals surface area (Å²) in [7, 11) is 0. The monoisotopic (exact) mass is 321 g/mol. The Morgan fingerprint density at radius 3 is 1.70 bits per heavy atom. The molecule has 1 N–H and O–H groups in total. The third kappa shape index (κ3) is 10.9. The first-order valence-corrected chi connectivity index (χ1v) is 8.06. The third-order valence-electron chi connectivity index (χ3n) is 2.24. The molecule has 0 fully saturated rings. The number of carboxylic acids is 1. The molecule has 0 aliphatic heterocycles. The second-order valence-corrected chi connectivity index (χ2v) is 6.50. The summed E-state index contributed by atoms with van der Waals surface area (Å²) in [5.41, 5.74) is 0. The highest BCUT2D eigenvalue weighted by atomic mass is 32.2. The van der Waals surface area contributed by atoms with Crippen molar-refractivity contribution in [3.05, 3.63) is 0 Å². The molecule has 0 aromatic carbocycles. The standard InChI is InChI=1S/C12H19NO5S2/c1-9(14)19-7-5-13(6-8-20-10(2)15)11(16)3-4-12(17)18/h3-8H2,1-2H3,(H,17,18). The van der Waals surface area contributed by atoms with Crippen molar-refractivity contribution < 1.29 is 24.3 Å². The summed E-state index contributed by atoms with van der Waals surface area (Å²) in [6.45, 7) is 3.65. The van der Waals surface area contributed by atoms with Gasteiger partial charge in [-0.3, -0.25) is 19.2 Å². The van der Waals surface area contributed by atoms with Gasteiger partial charge in [-0.25, -0.2) is 0 Å². The normalized spacial score (nSPS) is 10.1. The first-order valence-electron chi connectivity index (χ1n) is 6.09. The van der Waals surface area contributed by atoms with Crippen LogP contribution in [-0.4, -0.2) is 56.7 Å². The van der Waals surface area contributed by atoms with Gasteiger partial charge in [0.05, 0.1) is 6.42 Å². The van der Waals surface area contributed by atoms with E-state index >= 15 is 0 Å². The van der Waals surface area contributed by atoms with Crippen molar-refractivity contribution in [2.45, 2.75) is 26.7 Å². The largest absolute Gasteiger partial charge is 0.481 e. The van der Waals surface area contributed by atoms with E-state index in [0.717, 1.165) is 23.5 Å². The van der Waals surface area contributed by atoms with Crippen molar-refractivity contribution in [2.75, 3.05) is 24.6 Å². The molecule has 114 valence electrons. The lowest BCUT2D eigenvalue weighted by atomic mass is 10.3. The van der Waals surface area contributed by atoms with Crippen LogP contribution >= 0.6 is 23.5 Å². The lowest BCUT2D eigenvalue weighted by Crippen LogP contribution is -2.35. The van der Waals surface area contributed by atoms with E-state index in [1.54, 1.807) is 0 Å². The number of carboxylic acid groups (broad SMARTS) is 1. The highest BCUT2D eigenvalue weighted by Gasteiger charge is 2.15. The van der Waals surface area contributed by atoms with Crippen LogP contribution in [0.25, 0.3) is 0 Å². The molecule has 0 bridgehead atoms. The minimum absolute atomic E-state index is 0.0268. The molecule has 8 heteroatoms. The van der Waals surface area contributed by atoms with E-state index in [4.69, 9.17) is 5.11 Å².